The van der Waals surface area contributed by atoms with E-state index in [2.05, 4.69) is 20.4 Å². The van der Waals surface area contributed by atoms with Crippen LogP contribution in [0.5, 0.6) is 0 Å². The molecule has 2 aromatic heterocycles. The van der Waals surface area contributed by atoms with E-state index in [0.717, 1.165) is 16.5 Å². The maximum absolute atomic E-state index is 12.5. The van der Waals surface area contributed by atoms with Gasteiger partial charge in [0.05, 0.1) is 16.8 Å². The number of rotatable bonds is 7. The first-order valence-electron chi connectivity index (χ1n) is 8.61. The zero-order chi connectivity index (χ0) is 21.2. The average molecular weight is 422 g/mol. The fourth-order valence-electron chi connectivity index (χ4n) is 2.79. The van der Waals surface area contributed by atoms with Crippen LogP contribution < -0.4 is 11.1 Å². The van der Waals surface area contributed by atoms with Crippen LogP contribution in [-0.4, -0.2) is 40.8 Å². The SMILES string of the molecule is Cc1c(NCc2cccc(S(C)(=O)=O)c2)nc(N)nc1-c1cnn(CC(F)F)c1. The van der Waals surface area contributed by atoms with Gasteiger partial charge in [-0.2, -0.15) is 10.1 Å². The quantitative estimate of drug-likeness (QED) is 0.601. The Hall–Kier alpha value is -3.08. The van der Waals surface area contributed by atoms with Gasteiger partial charge in [0.2, 0.25) is 5.95 Å². The summed E-state index contributed by atoms with van der Waals surface area (Å²) in [4.78, 5) is 8.62. The number of nitrogens with zero attached hydrogens (tertiary/aromatic N) is 4. The summed E-state index contributed by atoms with van der Waals surface area (Å²) in [5.74, 6) is 0.471. The van der Waals surface area contributed by atoms with E-state index in [9.17, 15) is 17.2 Å². The van der Waals surface area contributed by atoms with Gasteiger partial charge in [0.15, 0.2) is 9.84 Å². The third-order valence-corrected chi connectivity index (χ3v) is 5.29. The van der Waals surface area contributed by atoms with E-state index >= 15 is 0 Å². The Morgan fingerprint density at radius 1 is 1.28 bits per heavy atom. The molecule has 3 rings (SSSR count). The van der Waals surface area contributed by atoms with E-state index in [1.54, 1.807) is 25.1 Å². The molecule has 0 aliphatic heterocycles. The van der Waals surface area contributed by atoms with Crippen LogP contribution in [0.25, 0.3) is 11.3 Å². The number of alkyl halides is 2. The third-order valence-electron chi connectivity index (χ3n) is 4.18. The van der Waals surface area contributed by atoms with Gasteiger partial charge in [-0.1, -0.05) is 12.1 Å². The number of hydrogen-bond donors (Lipinski definition) is 2. The van der Waals surface area contributed by atoms with Gasteiger partial charge >= 0.3 is 0 Å². The van der Waals surface area contributed by atoms with Gasteiger partial charge in [-0.3, -0.25) is 4.68 Å². The van der Waals surface area contributed by atoms with E-state index < -0.39 is 22.8 Å². The van der Waals surface area contributed by atoms with Crippen LogP contribution in [0.3, 0.4) is 0 Å². The Morgan fingerprint density at radius 3 is 2.72 bits per heavy atom. The maximum atomic E-state index is 12.5. The van der Waals surface area contributed by atoms with Crippen molar-refractivity contribution in [2.24, 2.45) is 0 Å². The topological polar surface area (TPSA) is 116 Å². The molecular formula is C18H20F2N6O2S. The largest absolute Gasteiger partial charge is 0.368 e. The van der Waals surface area contributed by atoms with Gasteiger partial charge in [0.1, 0.15) is 12.4 Å². The van der Waals surface area contributed by atoms with E-state index in [-0.39, 0.29) is 10.8 Å². The van der Waals surface area contributed by atoms with Crippen molar-refractivity contribution in [3.8, 4) is 11.3 Å². The van der Waals surface area contributed by atoms with Gasteiger partial charge < -0.3 is 11.1 Å². The summed E-state index contributed by atoms with van der Waals surface area (Å²) in [7, 11) is -3.31. The van der Waals surface area contributed by atoms with E-state index in [1.807, 2.05) is 0 Å². The predicted octanol–water partition coefficient (Wildman–Crippen LogP) is 2.51. The molecule has 0 saturated carbocycles. The van der Waals surface area contributed by atoms with Crippen molar-refractivity contribution in [1.82, 2.24) is 19.7 Å². The van der Waals surface area contributed by atoms with Gasteiger partial charge in [-0.05, 0) is 24.6 Å². The predicted molar refractivity (Wildman–Crippen MR) is 105 cm³/mol. The normalized spacial score (nSPS) is 11.8. The molecule has 1 aromatic carbocycles. The number of nitrogens with two attached hydrogens (primary N) is 1. The van der Waals surface area contributed by atoms with Crippen LogP contribution in [0.4, 0.5) is 20.5 Å². The molecule has 154 valence electrons. The second-order valence-electron chi connectivity index (χ2n) is 6.52. The Kier molecular flexibility index (Phi) is 5.78. The first kappa shape index (κ1) is 20.6. The van der Waals surface area contributed by atoms with E-state index in [0.29, 0.717) is 29.2 Å². The summed E-state index contributed by atoms with van der Waals surface area (Å²) in [5.41, 5.74) is 8.24. The molecule has 0 bridgehead atoms. The number of nitrogens with one attached hydrogen (secondary N) is 1. The van der Waals surface area contributed by atoms with Crippen molar-refractivity contribution in [3.63, 3.8) is 0 Å². The third kappa shape index (κ3) is 5.05. The lowest BCUT2D eigenvalue weighted by Gasteiger charge is -2.12. The molecule has 0 spiro atoms. The maximum Gasteiger partial charge on any atom is 0.257 e. The number of aromatic nitrogens is 4. The Bertz CT molecular complexity index is 1130. The van der Waals surface area contributed by atoms with Crippen molar-refractivity contribution in [1.29, 1.82) is 0 Å². The second kappa shape index (κ2) is 8.11. The first-order chi connectivity index (χ1) is 13.6. The van der Waals surface area contributed by atoms with Crippen LogP contribution >= 0.6 is 0 Å². The van der Waals surface area contributed by atoms with Crippen LogP contribution in [0.15, 0.2) is 41.6 Å². The Balaban J connectivity index is 1.85. The fourth-order valence-corrected chi connectivity index (χ4v) is 3.48. The molecule has 0 atom stereocenters. The number of halogens is 2. The Labute approximate surface area is 166 Å². The fraction of sp³-hybridized carbons (Fsp3) is 0.278. The smallest absolute Gasteiger partial charge is 0.257 e. The van der Waals surface area contributed by atoms with Crippen molar-refractivity contribution in [2.75, 3.05) is 17.3 Å². The van der Waals surface area contributed by atoms with Crippen molar-refractivity contribution < 1.29 is 17.2 Å². The minimum atomic E-state index is -3.31. The highest BCUT2D eigenvalue weighted by Crippen LogP contribution is 2.27. The summed E-state index contributed by atoms with van der Waals surface area (Å²) in [5, 5.41) is 7.04. The van der Waals surface area contributed by atoms with Crippen LogP contribution in [0, 0.1) is 6.92 Å². The highest BCUT2D eigenvalue weighted by molar-refractivity contribution is 7.90. The number of hydrogen-bond acceptors (Lipinski definition) is 7. The van der Waals surface area contributed by atoms with E-state index in [1.165, 1.54) is 18.5 Å². The highest BCUT2D eigenvalue weighted by atomic mass is 32.2. The molecule has 2 heterocycles. The molecule has 0 amide bonds. The van der Waals surface area contributed by atoms with Gasteiger partial charge in [0.25, 0.3) is 6.43 Å². The summed E-state index contributed by atoms with van der Waals surface area (Å²) in [6, 6.07) is 6.56. The molecule has 0 fully saturated rings. The van der Waals surface area contributed by atoms with Gasteiger partial charge in [-0.15, -0.1) is 0 Å². The second-order valence-corrected chi connectivity index (χ2v) is 8.54. The molecule has 0 radical (unpaired) electrons. The molecule has 29 heavy (non-hydrogen) atoms. The average Bonchev–Trinajstić information content (AvgIpc) is 3.09. The summed E-state index contributed by atoms with van der Waals surface area (Å²) < 4.78 is 49.7. The molecule has 3 N–H and O–H groups in total. The first-order valence-corrected chi connectivity index (χ1v) is 10.5. The van der Waals surface area contributed by atoms with E-state index in [4.69, 9.17) is 5.73 Å². The Morgan fingerprint density at radius 2 is 2.03 bits per heavy atom. The van der Waals surface area contributed by atoms with Crippen LogP contribution in [0.2, 0.25) is 0 Å². The summed E-state index contributed by atoms with van der Waals surface area (Å²) >= 11 is 0. The van der Waals surface area contributed by atoms with Crippen molar-refractivity contribution >= 4 is 21.6 Å². The number of benzene rings is 1. The lowest BCUT2D eigenvalue weighted by molar-refractivity contribution is 0.122. The summed E-state index contributed by atoms with van der Waals surface area (Å²) in [6.07, 6.45) is 1.55. The molecule has 3 aromatic rings. The van der Waals surface area contributed by atoms with Crippen molar-refractivity contribution in [2.45, 2.75) is 31.3 Å². The molecule has 0 aliphatic rings. The molecule has 0 unspecified atom stereocenters. The zero-order valence-corrected chi connectivity index (χ0v) is 16.6. The minimum absolute atomic E-state index is 0.0135. The lowest BCUT2D eigenvalue weighted by Crippen LogP contribution is -2.09. The monoisotopic (exact) mass is 422 g/mol. The van der Waals surface area contributed by atoms with Crippen molar-refractivity contribution in [3.05, 3.63) is 47.8 Å². The molecular weight excluding hydrogens is 402 g/mol. The zero-order valence-electron chi connectivity index (χ0n) is 15.8. The lowest BCUT2D eigenvalue weighted by atomic mass is 10.1. The number of anilines is 2. The number of nitrogen functional groups attached to an aromatic ring is 1. The molecule has 0 saturated heterocycles. The van der Waals surface area contributed by atoms with Crippen LogP contribution in [-0.2, 0) is 22.9 Å². The summed E-state index contributed by atoms with van der Waals surface area (Å²) in [6.45, 7) is 1.57. The molecule has 0 aliphatic carbocycles. The number of sulfone groups is 1. The molecule has 11 heteroatoms. The highest BCUT2D eigenvalue weighted by Gasteiger charge is 2.15. The minimum Gasteiger partial charge on any atom is -0.368 e. The van der Waals surface area contributed by atoms with Crippen LogP contribution in [0.1, 0.15) is 11.1 Å². The molecule has 8 nitrogen and oxygen atoms in total. The van der Waals surface area contributed by atoms with Gasteiger partial charge in [-0.25, -0.2) is 22.2 Å². The van der Waals surface area contributed by atoms with Gasteiger partial charge in [0, 0.05) is 30.1 Å². The standard InChI is InChI=1S/C18H20F2N6O2S/c1-11-16(13-8-23-26(9-13)10-15(19)20)24-18(21)25-17(11)22-7-12-4-3-5-14(6-12)29(2,27)28/h3-6,8-9,15H,7,10H2,1-2H3,(H3,21,22,24,25).